The number of aryl methyl sites for hydroxylation is 1. The molecule has 1 amide bonds. The highest BCUT2D eigenvalue weighted by Crippen LogP contribution is 2.33. The van der Waals surface area contributed by atoms with Crippen molar-refractivity contribution in [2.75, 3.05) is 10.8 Å². The molecule has 2 aromatic carbocycles. The zero-order valence-electron chi connectivity index (χ0n) is 16.7. The van der Waals surface area contributed by atoms with Gasteiger partial charge >= 0.3 is 6.18 Å². The Balaban J connectivity index is 1.94. The number of hydrogen-bond acceptors (Lipinski definition) is 5. The molecular weight excluding hydrogens is 463 g/mol. The summed E-state index contributed by atoms with van der Waals surface area (Å²) in [4.78, 5) is 13.0. The van der Waals surface area contributed by atoms with Gasteiger partial charge in [0, 0.05) is 4.88 Å². The third-order valence-corrected chi connectivity index (χ3v) is 6.88. The number of halogens is 3. The van der Waals surface area contributed by atoms with Gasteiger partial charge in [0.1, 0.15) is 6.54 Å². The number of amides is 1. The van der Waals surface area contributed by atoms with Crippen LogP contribution in [0.5, 0.6) is 0 Å². The fourth-order valence-corrected chi connectivity index (χ4v) is 4.69. The summed E-state index contributed by atoms with van der Waals surface area (Å²) in [6.07, 6.45) is -3.30. The SMILES string of the molecule is Cc1ccc(S(=O)(=O)N(CC(=O)N/N=C\c2cccs2)c2cccc(C(F)(F)F)c2)cc1. The number of nitrogens with one attached hydrogen (secondary N) is 1. The van der Waals surface area contributed by atoms with E-state index in [2.05, 4.69) is 10.5 Å². The molecule has 0 saturated carbocycles. The van der Waals surface area contributed by atoms with Crippen LogP contribution in [0.4, 0.5) is 18.9 Å². The minimum absolute atomic E-state index is 0.157. The van der Waals surface area contributed by atoms with Gasteiger partial charge in [-0.2, -0.15) is 18.3 Å². The van der Waals surface area contributed by atoms with Gasteiger partial charge in [-0.15, -0.1) is 11.3 Å². The van der Waals surface area contributed by atoms with E-state index in [9.17, 15) is 26.4 Å². The van der Waals surface area contributed by atoms with E-state index in [0.717, 1.165) is 22.6 Å². The van der Waals surface area contributed by atoms with Crippen LogP contribution in [0.2, 0.25) is 0 Å². The number of hydrogen-bond donors (Lipinski definition) is 1. The molecule has 1 aromatic heterocycles. The summed E-state index contributed by atoms with van der Waals surface area (Å²) in [5.74, 6) is -0.814. The van der Waals surface area contributed by atoms with Gasteiger partial charge in [0.05, 0.1) is 22.4 Å². The smallest absolute Gasteiger partial charge is 0.271 e. The second kappa shape index (κ2) is 9.53. The monoisotopic (exact) mass is 481 g/mol. The first-order valence-corrected chi connectivity index (χ1v) is 11.5. The van der Waals surface area contributed by atoms with Crippen molar-refractivity contribution < 1.29 is 26.4 Å². The van der Waals surface area contributed by atoms with Crippen LogP contribution in [-0.2, 0) is 21.0 Å². The molecular formula is C21H18F3N3O3S2. The van der Waals surface area contributed by atoms with Crippen LogP contribution in [0.15, 0.2) is 76.0 Å². The quantitative estimate of drug-likeness (QED) is 0.401. The molecule has 0 aliphatic carbocycles. The van der Waals surface area contributed by atoms with E-state index in [1.54, 1.807) is 31.2 Å². The fraction of sp³-hybridized carbons (Fsp3) is 0.143. The summed E-state index contributed by atoms with van der Waals surface area (Å²) < 4.78 is 66.7. The van der Waals surface area contributed by atoms with Gasteiger partial charge < -0.3 is 0 Å². The zero-order valence-corrected chi connectivity index (χ0v) is 18.3. The van der Waals surface area contributed by atoms with Gasteiger partial charge in [-0.1, -0.05) is 29.8 Å². The van der Waals surface area contributed by atoms with E-state index in [4.69, 9.17) is 0 Å². The topological polar surface area (TPSA) is 78.8 Å². The molecule has 1 heterocycles. The Morgan fingerprint density at radius 3 is 2.47 bits per heavy atom. The molecule has 0 bridgehead atoms. The number of rotatable bonds is 7. The summed E-state index contributed by atoms with van der Waals surface area (Å²) in [7, 11) is -4.34. The van der Waals surface area contributed by atoms with Crippen molar-refractivity contribution in [1.82, 2.24) is 5.43 Å². The lowest BCUT2D eigenvalue weighted by atomic mass is 10.2. The molecule has 3 aromatic rings. The number of carbonyl (C=O) groups excluding carboxylic acids is 1. The predicted octanol–water partition coefficient (Wildman–Crippen LogP) is 4.42. The highest BCUT2D eigenvalue weighted by Gasteiger charge is 2.33. The minimum atomic E-state index is -4.68. The lowest BCUT2D eigenvalue weighted by molar-refractivity contribution is -0.137. The standard InChI is InChI=1S/C21H18F3N3O3S2/c1-15-7-9-19(10-8-15)32(29,30)27(17-5-2-4-16(12-17)21(22,23)24)14-20(28)26-25-13-18-6-3-11-31-18/h2-13H,14H2,1H3,(H,26,28)/b25-13-. The lowest BCUT2D eigenvalue weighted by Gasteiger charge is -2.24. The highest BCUT2D eigenvalue weighted by molar-refractivity contribution is 7.92. The van der Waals surface area contributed by atoms with Crippen LogP contribution in [0.25, 0.3) is 0 Å². The Morgan fingerprint density at radius 2 is 1.84 bits per heavy atom. The average Bonchev–Trinajstić information content (AvgIpc) is 3.25. The zero-order chi connectivity index (χ0) is 23.4. The number of hydrazone groups is 1. The van der Waals surface area contributed by atoms with Gasteiger partial charge in [-0.25, -0.2) is 13.8 Å². The third-order valence-electron chi connectivity index (χ3n) is 4.28. The van der Waals surface area contributed by atoms with Gasteiger partial charge in [-0.05, 0) is 48.7 Å². The number of nitrogens with zero attached hydrogens (tertiary/aromatic N) is 2. The molecule has 6 nitrogen and oxygen atoms in total. The van der Waals surface area contributed by atoms with Crippen LogP contribution in [0.3, 0.4) is 0 Å². The minimum Gasteiger partial charge on any atom is -0.271 e. The van der Waals surface area contributed by atoms with E-state index in [-0.39, 0.29) is 10.6 Å². The maximum Gasteiger partial charge on any atom is 0.416 e. The summed E-state index contributed by atoms with van der Waals surface area (Å²) in [6.45, 7) is 0.999. The molecule has 11 heteroatoms. The van der Waals surface area contributed by atoms with Gasteiger partial charge in [0.2, 0.25) is 0 Å². The maximum absolute atomic E-state index is 13.2. The van der Waals surface area contributed by atoms with Gasteiger partial charge in [-0.3, -0.25) is 9.10 Å². The molecule has 0 aliphatic heterocycles. The summed E-state index contributed by atoms with van der Waals surface area (Å²) in [6, 6.07) is 13.1. The number of anilines is 1. The summed E-state index contributed by atoms with van der Waals surface area (Å²) in [5.41, 5.74) is 1.68. The Labute approximate surface area is 187 Å². The molecule has 168 valence electrons. The van der Waals surface area contributed by atoms with Crippen molar-refractivity contribution in [3.63, 3.8) is 0 Å². The maximum atomic E-state index is 13.2. The van der Waals surface area contributed by atoms with Crippen LogP contribution in [0, 0.1) is 6.92 Å². The normalized spacial score (nSPS) is 12.1. The molecule has 0 saturated heterocycles. The Hall–Kier alpha value is -3.18. The van der Waals surface area contributed by atoms with Crippen molar-refractivity contribution in [2.45, 2.75) is 18.0 Å². The molecule has 3 rings (SSSR count). The van der Waals surface area contributed by atoms with Crippen molar-refractivity contribution in [2.24, 2.45) is 5.10 Å². The Bertz CT molecular complexity index is 1210. The van der Waals surface area contributed by atoms with Crippen LogP contribution >= 0.6 is 11.3 Å². The molecule has 0 aliphatic rings. The number of sulfonamides is 1. The van der Waals surface area contributed by atoms with Crippen molar-refractivity contribution in [1.29, 1.82) is 0 Å². The fourth-order valence-electron chi connectivity index (χ4n) is 2.69. The number of benzene rings is 2. The predicted molar refractivity (Wildman–Crippen MR) is 117 cm³/mol. The van der Waals surface area contributed by atoms with Gasteiger partial charge in [0.25, 0.3) is 15.9 Å². The van der Waals surface area contributed by atoms with E-state index in [1.807, 2.05) is 5.38 Å². The third kappa shape index (κ3) is 5.74. The largest absolute Gasteiger partial charge is 0.416 e. The lowest BCUT2D eigenvalue weighted by Crippen LogP contribution is -2.39. The summed E-state index contributed by atoms with van der Waals surface area (Å²) >= 11 is 1.38. The van der Waals surface area contributed by atoms with Gasteiger partial charge in [0.15, 0.2) is 0 Å². The van der Waals surface area contributed by atoms with Crippen molar-refractivity contribution >= 4 is 39.2 Å². The van der Waals surface area contributed by atoms with Crippen molar-refractivity contribution in [3.8, 4) is 0 Å². The molecule has 0 unspecified atom stereocenters. The molecule has 32 heavy (non-hydrogen) atoms. The molecule has 0 spiro atoms. The highest BCUT2D eigenvalue weighted by atomic mass is 32.2. The van der Waals surface area contributed by atoms with Crippen molar-refractivity contribution in [3.05, 3.63) is 82.0 Å². The van der Waals surface area contributed by atoms with E-state index >= 15 is 0 Å². The summed E-state index contributed by atoms with van der Waals surface area (Å²) in [5, 5.41) is 5.58. The second-order valence-corrected chi connectivity index (χ2v) is 9.52. The Kier molecular flexibility index (Phi) is 6.99. The second-order valence-electron chi connectivity index (χ2n) is 6.68. The van der Waals surface area contributed by atoms with E-state index in [0.29, 0.717) is 10.4 Å². The number of thiophene rings is 1. The van der Waals surface area contributed by atoms with Crippen LogP contribution in [0.1, 0.15) is 16.0 Å². The van der Waals surface area contributed by atoms with E-state index < -0.39 is 34.2 Å². The first kappa shape index (κ1) is 23.5. The molecule has 1 N–H and O–H groups in total. The van der Waals surface area contributed by atoms with E-state index in [1.165, 1.54) is 35.8 Å². The van der Waals surface area contributed by atoms with Crippen LogP contribution < -0.4 is 9.73 Å². The average molecular weight is 482 g/mol. The van der Waals surface area contributed by atoms with Crippen LogP contribution in [-0.4, -0.2) is 27.1 Å². The first-order valence-electron chi connectivity index (χ1n) is 9.19. The molecule has 0 radical (unpaired) electrons. The number of alkyl halides is 3. The molecule has 0 fully saturated rings. The molecule has 0 atom stereocenters. The number of carbonyl (C=O) groups is 1. The Morgan fingerprint density at radius 1 is 1.12 bits per heavy atom. The first-order chi connectivity index (χ1) is 15.1.